The van der Waals surface area contributed by atoms with Crippen LogP contribution in [0.2, 0.25) is 0 Å². The lowest BCUT2D eigenvalue weighted by Gasteiger charge is -2.30. The number of nitrogens with zero attached hydrogens (tertiary/aromatic N) is 1. The Kier molecular flexibility index (Phi) is 5.23. The molecule has 20 heavy (non-hydrogen) atoms. The molecule has 1 fully saturated rings. The van der Waals surface area contributed by atoms with Crippen molar-refractivity contribution in [3.05, 3.63) is 34.3 Å². The van der Waals surface area contributed by atoms with Gasteiger partial charge in [0.25, 0.3) is 10.2 Å². The van der Waals surface area contributed by atoms with Gasteiger partial charge in [0.2, 0.25) is 0 Å². The van der Waals surface area contributed by atoms with Gasteiger partial charge in [0, 0.05) is 23.6 Å². The number of rotatable bonds is 4. The quantitative estimate of drug-likeness (QED) is 0.896. The van der Waals surface area contributed by atoms with Crippen LogP contribution in [-0.2, 0) is 10.2 Å². The maximum Gasteiger partial charge on any atom is 0.279 e. The van der Waals surface area contributed by atoms with Gasteiger partial charge < -0.3 is 0 Å². The van der Waals surface area contributed by atoms with Gasteiger partial charge in [-0.25, -0.2) is 0 Å². The molecule has 4 nitrogen and oxygen atoms in total. The molecule has 1 heterocycles. The average molecular weight is 361 g/mol. The van der Waals surface area contributed by atoms with Gasteiger partial charge in [-0.2, -0.15) is 17.4 Å². The monoisotopic (exact) mass is 360 g/mol. The Balaban J connectivity index is 2.04. The number of benzene rings is 1. The van der Waals surface area contributed by atoms with E-state index in [9.17, 15) is 8.42 Å². The molecule has 1 aliphatic heterocycles. The highest BCUT2D eigenvalue weighted by atomic mass is 79.9. The fourth-order valence-electron chi connectivity index (χ4n) is 2.37. The molecule has 6 heteroatoms. The van der Waals surface area contributed by atoms with E-state index in [2.05, 4.69) is 27.6 Å². The van der Waals surface area contributed by atoms with E-state index >= 15 is 0 Å². The molecule has 0 aromatic heterocycles. The zero-order valence-electron chi connectivity index (χ0n) is 11.8. The average Bonchev–Trinajstić information content (AvgIpc) is 2.38. The van der Waals surface area contributed by atoms with Crippen LogP contribution in [0.1, 0.15) is 38.3 Å². The second kappa shape index (κ2) is 6.56. The smallest absolute Gasteiger partial charge is 0.195 e. The molecule has 1 atom stereocenters. The van der Waals surface area contributed by atoms with Crippen LogP contribution in [-0.4, -0.2) is 25.8 Å². The summed E-state index contributed by atoms with van der Waals surface area (Å²) in [6, 6.07) is 7.46. The van der Waals surface area contributed by atoms with Crippen molar-refractivity contribution in [1.82, 2.24) is 9.03 Å². The maximum absolute atomic E-state index is 12.4. The van der Waals surface area contributed by atoms with Gasteiger partial charge in [-0.3, -0.25) is 0 Å². The molecule has 1 aromatic rings. The number of piperidine rings is 1. The van der Waals surface area contributed by atoms with Crippen LogP contribution in [0.15, 0.2) is 28.7 Å². The summed E-state index contributed by atoms with van der Waals surface area (Å²) in [5.74, 6) is 0.615. The fraction of sp³-hybridized carbons (Fsp3) is 0.571. The Morgan fingerprint density at radius 3 is 2.60 bits per heavy atom. The van der Waals surface area contributed by atoms with Crippen LogP contribution in [0, 0.1) is 5.92 Å². The molecule has 1 N–H and O–H groups in total. The molecule has 2 rings (SSSR count). The van der Waals surface area contributed by atoms with Gasteiger partial charge >= 0.3 is 0 Å². The minimum atomic E-state index is -3.40. The molecule has 0 radical (unpaired) electrons. The lowest BCUT2D eigenvalue weighted by Crippen LogP contribution is -2.45. The first-order valence-electron chi connectivity index (χ1n) is 6.91. The lowest BCUT2D eigenvalue weighted by molar-refractivity contribution is 0.284. The van der Waals surface area contributed by atoms with E-state index in [1.807, 2.05) is 31.2 Å². The zero-order valence-corrected chi connectivity index (χ0v) is 14.2. The second-order valence-corrected chi connectivity index (χ2v) is 8.10. The van der Waals surface area contributed by atoms with E-state index in [-0.39, 0.29) is 6.04 Å². The third kappa shape index (κ3) is 4.04. The third-order valence-corrected chi connectivity index (χ3v) is 5.95. The first kappa shape index (κ1) is 15.9. The molecule has 0 saturated carbocycles. The molecule has 112 valence electrons. The van der Waals surface area contributed by atoms with Crippen LogP contribution in [0.4, 0.5) is 0 Å². The largest absolute Gasteiger partial charge is 0.279 e. The number of nitrogens with one attached hydrogen (secondary N) is 1. The maximum atomic E-state index is 12.4. The van der Waals surface area contributed by atoms with Crippen molar-refractivity contribution in [3.8, 4) is 0 Å². The van der Waals surface area contributed by atoms with Crippen molar-refractivity contribution in [3.63, 3.8) is 0 Å². The third-order valence-electron chi connectivity index (χ3n) is 3.76. The molecule has 0 bridgehead atoms. The summed E-state index contributed by atoms with van der Waals surface area (Å²) < 4.78 is 30.0. The van der Waals surface area contributed by atoms with Gasteiger partial charge in [0.1, 0.15) is 0 Å². The summed E-state index contributed by atoms with van der Waals surface area (Å²) >= 11 is 3.41. The predicted molar refractivity (Wildman–Crippen MR) is 84.6 cm³/mol. The summed E-state index contributed by atoms with van der Waals surface area (Å²) in [6.07, 6.45) is 1.87. The van der Waals surface area contributed by atoms with E-state index in [4.69, 9.17) is 0 Å². The lowest BCUT2D eigenvalue weighted by atomic mass is 10.0. The molecular formula is C14H21BrN2O2S. The minimum absolute atomic E-state index is 0.239. The second-order valence-electron chi connectivity index (χ2n) is 5.48. The van der Waals surface area contributed by atoms with Crippen LogP contribution >= 0.6 is 15.9 Å². The Bertz CT molecular complexity index is 554. The Morgan fingerprint density at radius 1 is 1.35 bits per heavy atom. The molecule has 0 amide bonds. The highest BCUT2D eigenvalue weighted by Gasteiger charge is 2.27. The summed E-state index contributed by atoms with van der Waals surface area (Å²) in [5.41, 5.74) is 0.952. The number of hydrogen-bond donors (Lipinski definition) is 1. The van der Waals surface area contributed by atoms with Crippen molar-refractivity contribution < 1.29 is 8.42 Å². The van der Waals surface area contributed by atoms with Gasteiger partial charge in [-0.15, -0.1) is 0 Å². The van der Waals surface area contributed by atoms with Gasteiger partial charge in [0.05, 0.1) is 0 Å². The standard InChI is InChI=1S/C14H21BrN2O2S/c1-11-6-8-17(9-7-11)20(18,19)16-12(2)13-4-3-5-14(15)10-13/h3-5,10-12,16H,6-9H2,1-2H3. The van der Waals surface area contributed by atoms with Crippen molar-refractivity contribution in [2.24, 2.45) is 5.92 Å². The van der Waals surface area contributed by atoms with E-state index in [0.717, 1.165) is 22.9 Å². The first-order chi connectivity index (χ1) is 9.38. The van der Waals surface area contributed by atoms with E-state index < -0.39 is 10.2 Å². The molecule has 0 spiro atoms. The van der Waals surface area contributed by atoms with Crippen LogP contribution in [0.25, 0.3) is 0 Å². The normalized spacial score (nSPS) is 19.9. The zero-order chi connectivity index (χ0) is 14.8. The van der Waals surface area contributed by atoms with Crippen molar-refractivity contribution >= 4 is 26.1 Å². The van der Waals surface area contributed by atoms with E-state index in [1.165, 1.54) is 0 Å². The summed E-state index contributed by atoms with van der Waals surface area (Å²) in [7, 11) is -3.40. The topological polar surface area (TPSA) is 49.4 Å². The van der Waals surface area contributed by atoms with Crippen molar-refractivity contribution in [1.29, 1.82) is 0 Å². The van der Waals surface area contributed by atoms with Crippen LogP contribution < -0.4 is 4.72 Å². The predicted octanol–water partition coefficient (Wildman–Crippen LogP) is 3.08. The fourth-order valence-corrected chi connectivity index (χ4v) is 4.21. The molecule has 1 aromatic carbocycles. The number of halogens is 1. The first-order valence-corrected chi connectivity index (χ1v) is 9.14. The SMILES string of the molecule is CC1CCN(S(=O)(=O)NC(C)c2cccc(Br)c2)CC1. The molecule has 0 aliphatic carbocycles. The molecule has 1 saturated heterocycles. The Labute approximate surface area is 129 Å². The summed E-state index contributed by atoms with van der Waals surface area (Å²) in [4.78, 5) is 0. The Hall–Kier alpha value is -0.430. The number of hydrogen-bond acceptors (Lipinski definition) is 2. The van der Waals surface area contributed by atoms with Gasteiger partial charge in [-0.05, 0) is 43.4 Å². The van der Waals surface area contributed by atoms with Crippen LogP contribution in [0.5, 0.6) is 0 Å². The van der Waals surface area contributed by atoms with Crippen LogP contribution in [0.3, 0.4) is 0 Å². The minimum Gasteiger partial charge on any atom is -0.195 e. The van der Waals surface area contributed by atoms with Gasteiger partial charge in [0.15, 0.2) is 0 Å². The van der Waals surface area contributed by atoms with E-state index in [0.29, 0.717) is 19.0 Å². The highest BCUT2D eigenvalue weighted by molar-refractivity contribution is 9.10. The molecule has 1 aliphatic rings. The van der Waals surface area contributed by atoms with Crippen molar-refractivity contribution in [2.45, 2.75) is 32.7 Å². The summed E-state index contributed by atoms with van der Waals surface area (Å²) in [6.45, 7) is 5.26. The highest BCUT2D eigenvalue weighted by Crippen LogP contribution is 2.22. The summed E-state index contributed by atoms with van der Waals surface area (Å²) in [5, 5.41) is 0. The Morgan fingerprint density at radius 2 is 2.00 bits per heavy atom. The molecule has 1 unspecified atom stereocenters. The molecular weight excluding hydrogens is 340 g/mol. The van der Waals surface area contributed by atoms with Gasteiger partial charge in [-0.1, -0.05) is 35.0 Å². The van der Waals surface area contributed by atoms with E-state index in [1.54, 1.807) is 4.31 Å². The van der Waals surface area contributed by atoms with Crippen molar-refractivity contribution in [2.75, 3.05) is 13.1 Å².